The molecule has 2 aliphatic rings. The van der Waals surface area contributed by atoms with Crippen LogP contribution in [0.4, 0.5) is 0 Å². The van der Waals surface area contributed by atoms with Gasteiger partial charge in [-0.3, -0.25) is 4.79 Å². The lowest BCUT2D eigenvalue weighted by atomic mass is 9.79. The minimum absolute atomic E-state index is 0.0328. The van der Waals surface area contributed by atoms with Crippen LogP contribution in [0, 0.1) is 5.41 Å². The van der Waals surface area contributed by atoms with Crippen molar-refractivity contribution in [3.05, 3.63) is 101 Å². The van der Waals surface area contributed by atoms with Gasteiger partial charge < -0.3 is 0 Å². The molecule has 4 heteroatoms. The van der Waals surface area contributed by atoms with Crippen molar-refractivity contribution in [3.63, 3.8) is 0 Å². The normalized spacial score (nSPS) is 21.1. The number of carbonyl (C=O) groups is 1. The van der Waals surface area contributed by atoms with Crippen molar-refractivity contribution < 1.29 is 4.79 Å². The summed E-state index contributed by atoms with van der Waals surface area (Å²) in [6.45, 7) is 6.51. The fraction of sp³-hybridized carbons (Fsp3) is 0.222. The molecule has 156 valence electrons. The Morgan fingerprint density at radius 3 is 2.39 bits per heavy atom. The Morgan fingerprint density at radius 2 is 1.71 bits per heavy atom. The van der Waals surface area contributed by atoms with E-state index in [9.17, 15) is 4.79 Å². The molecule has 0 atom stereocenters. The Morgan fingerprint density at radius 1 is 1.03 bits per heavy atom. The van der Waals surface area contributed by atoms with Crippen LogP contribution in [0.15, 0.2) is 100 Å². The highest BCUT2D eigenvalue weighted by atomic mass is 16.2. The van der Waals surface area contributed by atoms with E-state index in [-0.39, 0.29) is 11.3 Å². The fourth-order valence-corrected chi connectivity index (χ4v) is 4.10. The monoisotopic (exact) mass is 409 g/mol. The average Bonchev–Trinajstić information content (AvgIpc) is 3.04. The summed E-state index contributed by atoms with van der Waals surface area (Å²) >= 11 is 0. The van der Waals surface area contributed by atoms with Crippen LogP contribution in [0.25, 0.3) is 6.08 Å². The first-order valence-corrected chi connectivity index (χ1v) is 10.6. The van der Waals surface area contributed by atoms with Crippen molar-refractivity contribution in [1.82, 2.24) is 5.01 Å². The summed E-state index contributed by atoms with van der Waals surface area (Å²) in [6, 6.07) is 19.7. The van der Waals surface area contributed by atoms with Crippen LogP contribution in [-0.4, -0.2) is 22.5 Å². The number of benzene rings is 2. The van der Waals surface area contributed by atoms with E-state index < -0.39 is 0 Å². The second kappa shape index (κ2) is 8.68. The first-order valence-electron chi connectivity index (χ1n) is 10.6. The van der Waals surface area contributed by atoms with Gasteiger partial charge in [0.2, 0.25) is 0 Å². The van der Waals surface area contributed by atoms with E-state index >= 15 is 0 Å². The summed E-state index contributed by atoms with van der Waals surface area (Å²) < 4.78 is 0. The molecule has 0 saturated heterocycles. The maximum atomic E-state index is 13.2. The standard InChI is InChI=1S/C27H27N3O/c1-20-17-23(19-27(2,3)18-20)29-30-25(22-14-8-5-9-15-22)28-24(26(30)31)16-10-13-21-11-6-4-7-12-21/h4-16,18H,17,19H2,1-3H3/b13-10-,24-16+,29-23-. The molecular weight excluding hydrogens is 382 g/mol. The lowest BCUT2D eigenvalue weighted by Crippen LogP contribution is -2.31. The van der Waals surface area contributed by atoms with Gasteiger partial charge in [0.05, 0.1) is 0 Å². The van der Waals surface area contributed by atoms with Gasteiger partial charge in [0.1, 0.15) is 5.70 Å². The van der Waals surface area contributed by atoms with Crippen molar-refractivity contribution in [2.24, 2.45) is 15.5 Å². The number of hydrogen-bond acceptors (Lipinski definition) is 3. The minimum atomic E-state index is -0.200. The van der Waals surface area contributed by atoms with Gasteiger partial charge >= 0.3 is 0 Å². The van der Waals surface area contributed by atoms with Crippen molar-refractivity contribution in [3.8, 4) is 0 Å². The molecule has 2 aromatic carbocycles. The number of amidine groups is 1. The lowest BCUT2D eigenvalue weighted by molar-refractivity contribution is -0.122. The third kappa shape index (κ3) is 4.97. The summed E-state index contributed by atoms with van der Waals surface area (Å²) in [7, 11) is 0. The van der Waals surface area contributed by atoms with E-state index in [1.54, 1.807) is 6.08 Å². The molecule has 0 saturated carbocycles. The van der Waals surface area contributed by atoms with E-state index in [0.717, 1.165) is 29.7 Å². The molecule has 0 bridgehead atoms. The maximum Gasteiger partial charge on any atom is 0.298 e. The Hall–Kier alpha value is -3.53. The second-order valence-electron chi connectivity index (χ2n) is 8.74. The third-order valence-electron chi connectivity index (χ3n) is 5.23. The Labute approximate surface area is 184 Å². The Balaban J connectivity index is 1.68. The topological polar surface area (TPSA) is 45.0 Å². The van der Waals surface area contributed by atoms with E-state index in [1.807, 2.05) is 72.8 Å². The van der Waals surface area contributed by atoms with Gasteiger partial charge in [-0.2, -0.15) is 10.1 Å². The van der Waals surface area contributed by atoms with Crippen LogP contribution in [0.5, 0.6) is 0 Å². The lowest BCUT2D eigenvalue weighted by Gasteiger charge is -2.28. The summed E-state index contributed by atoms with van der Waals surface area (Å²) in [5.41, 5.74) is 4.64. The van der Waals surface area contributed by atoms with Gasteiger partial charge in [0.15, 0.2) is 5.84 Å². The number of carbonyl (C=O) groups excluding carboxylic acids is 1. The van der Waals surface area contributed by atoms with Crippen LogP contribution in [0.2, 0.25) is 0 Å². The fourth-order valence-electron chi connectivity index (χ4n) is 4.10. The quantitative estimate of drug-likeness (QED) is 0.451. The summed E-state index contributed by atoms with van der Waals surface area (Å²) in [5, 5.41) is 6.27. The number of aliphatic imine (C=N–C) groups is 1. The SMILES string of the molecule is CC1=CC(C)(C)C/C(=N\N2C(=O)/C(=C\C=C/c3ccccc3)N=C2c2ccccc2)C1. The molecule has 0 N–H and O–H groups in total. The number of hydrogen-bond donors (Lipinski definition) is 0. The first-order chi connectivity index (χ1) is 14.9. The molecule has 0 fully saturated rings. The molecule has 0 aromatic heterocycles. The van der Waals surface area contributed by atoms with E-state index in [0.29, 0.717) is 11.5 Å². The molecule has 0 unspecified atom stereocenters. The third-order valence-corrected chi connectivity index (χ3v) is 5.23. The average molecular weight is 410 g/mol. The van der Waals surface area contributed by atoms with E-state index in [2.05, 4.69) is 31.8 Å². The molecule has 1 aliphatic heterocycles. The molecule has 1 amide bonds. The molecule has 0 radical (unpaired) electrons. The van der Waals surface area contributed by atoms with Gasteiger partial charge in [-0.1, -0.05) is 98.3 Å². The van der Waals surface area contributed by atoms with Crippen molar-refractivity contribution in [2.45, 2.75) is 33.6 Å². The predicted molar refractivity (Wildman–Crippen MR) is 128 cm³/mol. The van der Waals surface area contributed by atoms with E-state index in [1.165, 1.54) is 10.6 Å². The number of amides is 1. The summed E-state index contributed by atoms with van der Waals surface area (Å²) in [6.07, 6.45) is 9.48. The molecule has 4 rings (SSSR count). The van der Waals surface area contributed by atoms with Gasteiger partial charge in [0, 0.05) is 17.7 Å². The molecular formula is C27H27N3O. The number of nitrogens with zero attached hydrogens (tertiary/aromatic N) is 3. The molecule has 0 spiro atoms. The number of rotatable bonds is 4. The highest BCUT2D eigenvalue weighted by molar-refractivity contribution is 6.18. The maximum absolute atomic E-state index is 13.2. The van der Waals surface area contributed by atoms with Crippen LogP contribution in [0.1, 0.15) is 44.7 Å². The van der Waals surface area contributed by atoms with Crippen LogP contribution >= 0.6 is 0 Å². The van der Waals surface area contributed by atoms with Gasteiger partial charge in [-0.25, -0.2) is 4.99 Å². The van der Waals surface area contributed by atoms with Crippen molar-refractivity contribution >= 4 is 23.5 Å². The largest absolute Gasteiger partial charge is 0.298 e. The Kier molecular flexibility index (Phi) is 5.81. The first kappa shape index (κ1) is 20.7. The second-order valence-corrected chi connectivity index (χ2v) is 8.74. The minimum Gasteiger partial charge on any atom is -0.265 e. The summed E-state index contributed by atoms with van der Waals surface area (Å²) in [5.74, 6) is 0.372. The molecule has 2 aromatic rings. The van der Waals surface area contributed by atoms with E-state index in [4.69, 9.17) is 5.10 Å². The zero-order chi connectivity index (χ0) is 21.8. The molecule has 4 nitrogen and oxygen atoms in total. The van der Waals surface area contributed by atoms with Crippen LogP contribution in [-0.2, 0) is 4.79 Å². The van der Waals surface area contributed by atoms with Gasteiger partial charge in [-0.05, 0) is 30.4 Å². The van der Waals surface area contributed by atoms with Gasteiger partial charge in [-0.15, -0.1) is 0 Å². The smallest absolute Gasteiger partial charge is 0.265 e. The number of hydrazone groups is 1. The Bertz CT molecular complexity index is 1120. The zero-order valence-electron chi connectivity index (χ0n) is 18.2. The van der Waals surface area contributed by atoms with Crippen LogP contribution < -0.4 is 0 Å². The van der Waals surface area contributed by atoms with Gasteiger partial charge in [0.25, 0.3) is 5.91 Å². The summed E-state index contributed by atoms with van der Waals surface area (Å²) in [4.78, 5) is 17.9. The van der Waals surface area contributed by atoms with Crippen molar-refractivity contribution in [2.75, 3.05) is 0 Å². The van der Waals surface area contributed by atoms with Crippen molar-refractivity contribution in [1.29, 1.82) is 0 Å². The number of allylic oxidation sites excluding steroid dienone is 4. The highest BCUT2D eigenvalue weighted by Crippen LogP contribution is 2.32. The molecule has 31 heavy (non-hydrogen) atoms. The zero-order valence-corrected chi connectivity index (χ0v) is 18.2. The molecule has 1 heterocycles. The van der Waals surface area contributed by atoms with Crippen LogP contribution in [0.3, 0.4) is 0 Å². The predicted octanol–water partition coefficient (Wildman–Crippen LogP) is 6.00. The molecule has 1 aliphatic carbocycles. The highest BCUT2D eigenvalue weighted by Gasteiger charge is 2.32.